The minimum atomic E-state index is -0.354. The molecule has 3 aromatic rings. The van der Waals surface area contributed by atoms with E-state index < -0.39 is 0 Å². The molecule has 0 spiro atoms. The number of aromatic nitrogens is 3. The van der Waals surface area contributed by atoms with Crippen molar-refractivity contribution in [2.24, 2.45) is 0 Å². The number of hydrogen-bond donors (Lipinski definition) is 0. The summed E-state index contributed by atoms with van der Waals surface area (Å²) >= 11 is 0. The molecule has 0 N–H and O–H groups in total. The van der Waals surface area contributed by atoms with Gasteiger partial charge < -0.3 is 18.8 Å². The Bertz CT molecular complexity index is 1220. The third kappa shape index (κ3) is 5.33. The van der Waals surface area contributed by atoms with E-state index in [-0.39, 0.29) is 24.8 Å². The predicted octanol–water partition coefficient (Wildman–Crippen LogP) is 5.73. The van der Waals surface area contributed by atoms with Gasteiger partial charge in [-0.15, -0.1) is 0 Å². The number of unbranched alkanes of at least 4 members (excludes halogenated alkanes) is 1. The first-order valence-electron chi connectivity index (χ1n) is 13.1. The lowest BCUT2D eigenvalue weighted by Gasteiger charge is -2.22. The summed E-state index contributed by atoms with van der Waals surface area (Å²) in [5.41, 5.74) is 5.52. The molecule has 4 rings (SSSR count). The van der Waals surface area contributed by atoms with Crippen LogP contribution in [0, 0.1) is 13.8 Å². The number of rotatable bonds is 10. The summed E-state index contributed by atoms with van der Waals surface area (Å²) < 4.78 is 20.5. The standard InChI is InChI=1S/C28H37N3O5/c1-5-34-24(32)12-7-9-15-30-26-20(4)19(3)13-14-22(26)25(27(30)28(33)35-6-2)21-17-29-31(18-21)23-11-8-10-16-36-23/h13-14,17-18,23H,5-12,15-16H2,1-4H3. The number of ether oxygens (including phenoxy) is 3. The molecule has 8 nitrogen and oxygen atoms in total. The zero-order chi connectivity index (χ0) is 25.7. The fourth-order valence-electron chi connectivity index (χ4n) is 4.98. The van der Waals surface area contributed by atoms with Crippen molar-refractivity contribution in [2.75, 3.05) is 19.8 Å². The van der Waals surface area contributed by atoms with Crippen molar-refractivity contribution in [3.63, 3.8) is 0 Å². The summed E-state index contributed by atoms with van der Waals surface area (Å²) in [6.45, 7) is 9.79. The molecule has 1 aromatic carbocycles. The molecule has 0 radical (unpaired) electrons. The highest BCUT2D eigenvalue weighted by atomic mass is 16.5. The van der Waals surface area contributed by atoms with E-state index in [4.69, 9.17) is 14.2 Å². The molecule has 36 heavy (non-hydrogen) atoms. The van der Waals surface area contributed by atoms with Crippen LogP contribution < -0.4 is 0 Å². The Morgan fingerprint density at radius 1 is 1.11 bits per heavy atom. The maximum atomic E-state index is 13.4. The number of fused-ring (bicyclic) bond motifs is 1. The average Bonchev–Trinajstić information content (AvgIpc) is 3.48. The first-order chi connectivity index (χ1) is 17.5. The van der Waals surface area contributed by atoms with E-state index in [2.05, 4.69) is 35.6 Å². The quantitative estimate of drug-likeness (QED) is 0.264. The number of nitrogens with zero attached hydrogens (tertiary/aromatic N) is 3. The third-order valence-electron chi connectivity index (χ3n) is 6.88. The van der Waals surface area contributed by atoms with Crippen LogP contribution in [0.25, 0.3) is 22.0 Å². The number of hydrogen-bond acceptors (Lipinski definition) is 6. The van der Waals surface area contributed by atoms with Crippen LogP contribution in [0.3, 0.4) is 0 Å². The highest BCUT2D eigenvalue weighted by molar-refractivity contribution is 6.09. The fraction of sp³-hybridized carbons (Fsp3) is 0.536. The summed E-state index contributed by atoms with van der Waals surface area (Å²) in [7, 11) is 0. The summed E-state index contributed by atoms with van der Waals surface area (Å²) in [6.07, 6.45) is 8.59. The summed E-state index contributed by atoms with van der Waals surface area (Å²) in [4.78, 5) is 25.2. The molecule has 1 atom stereocenters. The third-order valence-corrected chi connectivity index (χ3v) is 6.88. The molecule has 0 bridgehead atoms. The molecule has 8 heteroatoms. The second-order valence-corrected chi connectivity index (χ2v) is 9.29. The van der Waals surface area contributed by atoms with Crippen molar-refractivity contribution in [1.82, 2.24) is 14.3 Å². The molecule has 1 fully saturated rings. The largest absolute Gasteiger partial charge is 0.466 e. The van der Waals surface area contributed by atoms with Crippen molar-refractivity contribution >= 4 is 22.8 Å². The molecule has 3 heterocycles. The highest BCUT2D eigenvalue weighted by Gasteiger charge is 2.28. The maximum absolute atomic E-state index is 13.4. The zero-order valence-corrected chi connectivity index (χ0v) is 21.8. The lowest BCUT2D eigenvalue weighted by molar-refractivity contribution is -0.143. The van der Waals surface area contributed by atoms with E-state index in [0.717, 1.165) is 65.4 Å². The van der Waals surface area contributed by atoms with Crippen LogP contribution >= 0.6 is 0 Å². The SMILES string of the molecule is CCOC(=O)CCCCn1c(C(=O)OCC)c(-c2cnn(C3CCCCO3)c2)c2ccc(C)c(C)c21. The Morgan fingerprint density at radius 3 is 2.64 bits per heavy atom. The molecule has 0 amide bonds. The predicted molar refractivity (Wildman–Crippen MR) is 138 cm³/mol. The van der Waals surface area contributed by atoms with Crippen molar-refractivity contribution in [2.45, 2.75) is 79.0 Å². The van der Waals surface area contributed by atoms with Gasteiger partial charge in [-0.1, -0.05) is 12.1 Å². The number of esters is 2. The molecule has 1 unspecified atom stereocenters. The van der Waals surface area contributed by atoms with E-state index in [1.165, 1.54) is 0 Å². The van der Waals surface area contributed by atoms with Gasteiger partial charge in [-0.2, -0.15) is 5.10 Å². The zero-order valence-electron chi connectivity index (χ0n) is 21.8. The first kappa shape index (κ1) is 25.9. The first-order valence-corrected chi connectivity index (χ1v) is 13.1. The van der Waals surface area contributed by atoms with Crippen LogP contribution in [0.4, 0.5) is 0 Å². The van der Waals surface area contributed by atoms with E-state index in [1.807, 2.05) is 30.9 Å². The van der Waals surface area contributed by atoms with Gasteiger partial charge in [-0.3, -0.25) is 4.79 Å². The van der Waals surface area contributed by atoms with Gasteiger partial charge in [0.2, 0.25) is 0 Å². The molecule has 0 saturated carbocycles. The average molecular weight is 496 g/mol. The Kier molecular flexibility index (Phi) is 8.46. The minimum absolute atomic E-state index is 0.0845. The van der Waals surface area contributed by atoms with Crippen molar-refractivity contribution in [3.8, 4) is 11.1 Å². The molecule has 194 valence electrons. The van der Waals surface area contributed by atoms with Gasteiger partial charge in [-0.25, -0.2) is 9.48 Å². The number of carbonyl (C=O) groups excluding carboxylic acids is 2. The summed E-state index contributed by atoms with van der Waals surface area (Å²) in [5, 5.41) is 5.61. The van der Waals surface area contributed by atoms with Crippen molar-refractivity contribution < 1.29 is 23.8 Å². The smallest absolute Gasteiger partial charge is 0.355 e. The van der Waals surface area contributed by atoms with E-state index in [0.29, 0.717) is 31.7 Å². The second-order valence-electron chi connectivity index (χ2n) is 9.29. The number of benzene rings is 1. The molecule has 2 aromatic heterocycles. The van der Waals surface area contributed by atoms with E-state index in [1.54, 1.807) is 0 Å². The van der Waals surface area contributed by atoms with Gasteiger partial charge in [0.15, 0.2) is 0 Å². The minimum Gasteiger partial charge on any atom is -0.466 e. The van der Waals surface area contributed by atoms with E-state index in [9.17, 15) is 9.59 Å². The van der Waals surface area contributed by atoms with Gasteiger partial charge >= 0.3 is 11.9 Å². The van der Waals surface area contributed by atoms with Gasteiger partial charge in [-0.05, 0) is 70.9 Å². The normalized spacial score (nSPS) is 15.8. The molecular weight excluding hydrogens is 458 g/mol. The van der Waals surface area contributed by atoms with Crippen LogP contribution in [-0.2, 0) is 25.5 Å². The topological polar surface area (TPSA) is 84.6 Å². The van der Waals surface area contributed by atoms with Gasteiger partial charge in [0.25, 0.3) is 0 Å². The van der Waals surface area contributed by atoms with E-state index >= 15 is 0 Å². The summed E-state index contributed by atoms with van der Waals surface area (Å²) in [6, 6.07) is 4.18. The van der Waals surface area contributed by atoms with Crippen molar-refractivity contribution in [1.29, 1.82) is 0 Å². The Labute approximate surface area is 212 Å². The molecule has 1 aliphatic rings. The second kappa shape index (κ2) is 11.7. The monoisotopic (exact) mass is 495 g/mol. The van der Waals surface area contributed by atoms with Crippen LogP contribution in [-0.4, -0.2) is 46.1 Å². The van der Waals surface area contributed by atoms with Gasteiger partial charge in [0, 0.05) is 42.3 Å². The van der Waals surface area contributed by atoms with Crippen molar-refractivity contribution in [3.05, 3.63) is 41.3 Å². The Morgan fingerprint density at radius 2 is 1.92 bits per heavy atom. The lowest BCUT2D eigenvalue weighted by Crippen LogP contribution is -2.18. The van der Waals surface area contributed by atoms with Crippen LogP contribution in [0.15, 0.2) is 24.5 Å². The number of carbonyl (C=O) groups is 2. The van der Waals surface area contributed by atoms with Gasteiger partial charge in [0.05, 0.1) is 24.9 Å². The fourth-order valence-corrected chi connectivity index (χ4v) is 4.98. The molecular formula is C28H37N3O5. The van der Waals surface area contributed by atoms with Gasteiger partial charge in [0.1, 0.15) is 11.9 Å². The molecule has 1 saturated heterocycles. The Balaban J connectivity index is 1.78. The lowest BCUT2D eigenvalue weighted by atomic mass is 10.0. The maximum Gasteiger partial charge on any atom is 0.355 e. The number of aryl methyl sites for hydroxylation is 3. The highest BCUT2D eigenvalue weighted by Crippen LogP contribution is 2.38. The summed E-state index contributed by atoms with van der Waals surface area (Å²) in [5.74, 6) is -0.543. The Hall–Kier alpha value is -3.13. The van der Waals surface area contributed by atoms with Crippen LogP contribution in [0.5, 0.6) is 0 Å². The molecule has 0 aliphatic carbocycles. The van der Waals surface area contributed by atoms with Crippen LogP contribution in [0.2, 0.25) is 0 Å². The molecule has 1 aliphatic heterocycles. The van der Waals surface area contributed by atoms with Crippen LogP contribution in [0.1, 0.15) is 80.2 Å².